The molecule has 0 bridgehead atoms. The third-order valence-corrected chi connectivity index (χ3v) is 5.92. The van der Waals surface area contributed by atoms with Gasteiger partial charge in [0.2, 0.25) is 0 Å². The standard InChI is InChI=1S/C12H9Br2ClS/c1-7-6-16-12(11(7)15)10(14)8-2-4-9(13)5-3-8/h2-6,10H,1H3. The Labute approximate surface area is 121 Å². The smallest absolute Gasteiger partial charge is 0.0753 e. The molecule has 1 heterocycles. The zero-order chi connectivity index (χ0) is 11.7. The Balaban J connectivity index is 2.35. The second-order valence-corrected chi connectivity index (χ2v) is 6.63. The van der Waals surface area contributed by atoms with E-state index in [4.69, 9.17) is 11.6 Å². The van der Waals surface area contributed by atoms with Gasteiger partial charge in [-0.1, -0.05) is 55.6 Å². The van der Waals surface area contributed by atoms with Crippen LogP contribution >= 0.6 is 54.8 Å². The van der Waals surface area contributed by atoms with Crippen molar-refractivity contribution in [2.75, 3.05) is 0 Å². The van der Waals surface area contributed by atoms with Gasteiger partial charge in [-0.3, -0.25) is 0 Å². The first-order valence-electron chi connectivity index (χ1n) is 4.72. The van der Waals surface area contributed by atoms with Crippen molar-refractivity contribution < 1.29 is 0 Å². The molecule has 4 heteroatoms. The van der Waals surface area contributed by atoms with Crippen LogP contribution in [0.25, 0.3) is 0 Å². The maximum atomic E-state index is 6.26. The fraction of sp³-hybridized carbons (Fsp3) is 0.167. The molecule has 0 aliphatic rings. The van der Waals surface area contributed by atoms with Crippen LogP contribution in [-0.2, 0) is 0 Å². The van der Waals surface area contributed by atoms with Gasteiger partial charge in [0.15, 0.2) is 0 Å². The summed E-state index contributed by atoms with van der Waals surface area (Å²) in [6, 6.07) is 8.26. The summed E-state index contributed by atoms with van der Waals surface area (Å²) in [5, 5.41) is 2.96. The number of alkyl halides is 1. The molecule has 0 saturated heterocycles. The van der Waals surface area contributed by atoms with Crippen LogP contribution in [0.15, 0.2) is 34.1 Å². The number of hydrogen-bond donors (Lipinski definition) is 0. The maximum Gasteiger partial charge on any atom is 0.0753 e. The highest BCUT2D eigenvalue weighted by molar-refractivity contribution is 9.10. The molecule has 84 valence electrons. The number of hydrogen-bond acceptors (Lipinski definition) is 1. The topological polar surface area (TPSA) is 0 Å². The lowest BCUT2D eigenvalue weighted by Crippen LogP contribution is -1.90. The molecule has 1 aromatic heterocycles. The molecule has 0 spiro atoms. The van der Waals surface area contributed by atoms with E-state index in [1.807, 2.05) is 19.1 Å². The molecule has 1 unspecified atom stereocenters. The van der Waals surface area contributed by atoms with Crippen LogP contribution in [0.5, 0.6) is 0 Å². The van der Waals surface area contributed by atoms with Crippen molar-refractivity contribution in [3.8, 4) is 0 Å². The van der Waals surface area contributed by atoms with Crippen molar-refractivity contribution in [2.45, 2.75) is 11.8 Å². The van der Waals surface area contributed by atoms with Crippen LogP contribution in [0.1, 0.15) is 20.8 Å². The number of rotatable bonds is 2. The summed E-state index contributed by atoms with van der Waals surface area (Å²) >= 11 is 15.1. The second kappa shape index (κ2) is 5.21. The van der Waals surface area contributed by atoms with Crippen molar-refractivity contribution >= 4 is 54.8 Å². The van der Waals surface area contributed by atoms with Crippen molar-refractivity contribution in [2.24, 2.45) is 0 Å². The Hall–Kier alpha value is 0.170. The van der Waals surface area contributed by atoms with Gasteiger partial charge in [-0.2, -0.15) is 0 Å². The highest BCUT2D eigenvalue weighted by atomic mass is 79.9. The van der Waals surface area contributed by atoms with E-state index in [0.29, 0.717) is 0 Å². The molecule has 16 heavy (non-hydrogen) atoms. The zero-order valence-electron chi connectivity index (χ0n) is 8.51. The fourth-order valence-corrected chi connectivity index (χ4v) is 3.96. The van der Waals surface area contributed by atoms with E-state index < -0.39 is 0 Å². The van der Waals surface area contributed by atoms with Crippen molar-refractivity contribution in [3.63, 3.8) is 0 Å². The summed E-state index contributed by atoms with van der Waals surface area (Å²) in [6.07, 6.45) is 0. The van der Waals surface area contributed by atoms with Gasteiger partial charge in [0.25, 0.3) is 0 Å². The molecule has 0 aliphatic carbocycles. The first-order chi connectivity index (χ1) is 7.59. The normalized spacial score (nSPS) is 12.8. The minimum atomic E-state index is 0.173. The first-order valence-corrected chi connectivity index (χ1v) is 7.69. The molecule has 0 fully saturated rings. The molecule has 0 nitrogen and oxygen atoms in total. The Morgan fingerprint density at radius 2 is 1.88 bits per heavy atom. The van der Waals surface area contributed by atoms with Gasteiger partial charge < -0.3 is 0 Å². The van der Waals surface area contributed by atoms with Crippen molar-refractivity contribution in [3.05, 3.63) is 55.1 Å². The summed E-state index contributed by atoms with van der Waals surface area (Å²) in [5.41, 5.74) is 2.36. The predicted molar refractivity (Wildman–Crippen MR) is 79.0 cm³/mol. The lowest BCUT2D eigenvalue weighted by molar-refractivity contribution is 1.22. The van der Waals surface area contributed by atoms with E-state index in [-0.39, 0.29) is 4.83 Å². The Morgan fingerprint density at radius 1 is 1.25 bits per heavy atom. The summed E-state index contributed by atoms with van der Waals surface area (Å²) < 4.78 is 1.09. The SMILES string of the molecule is Cc1csc(C(Br)c2ccc(Br)cc2)c1Cl. The lowest BCUT2D eigenvalue weighted by atomic mass is 10.1. The monoisotopic (exact) mass is 378 g/mol. The van der Waals surface area contributed by atoms with E-state index in [1.165, 1.54) is 10.4 Å². The van der Waals surface area contributed by atoms with Crippen LogP contribution in [0.2, 0.25) is 5.02 Å². The lowest BCUT2D eigenvalue weighted by Gasteiger charge is -2.09. The van der Waals surface area contributed by atoms with Gasteiger partial charge in [-0.05, 0) is 35.6 Å². The number of thiophene rings is 1. The third kappa shape index (κ3) is 2.53. The molecular formula is C12H9Br2ClS. The molecule has 0 radical (unpaired) electrons. The second-order valence-electron chi connectivity index (χ2n) is 3.51. The molecule has 0 aliphatic heterocycles. The number of benzene rings is 1. The quantitative estimate of drug-likeness (QED) is 0.564. The summed E-state index contributed by atoms with van der Waals surface area (Å²) in [7, 11) is 0. The van der Waals surface area contributed by atoms with E-state index in [0.717, 1.165) is 15.1 Å². The third-order valence-electron chi connectivity index (χ3n) is 2.32. The van der Waals surface area contributed by atoms with Crippen molar-refractivity contribution in [1.82, 2.24) is 0 Å². The summed E-state index contributed by atoms with van der Waals surface area (Å²) in [6.45, 7) is 2.03. The first kappa shape index (κ1) is 12.6. The minimum Gasteiger partial charge on any atom is -0.145 e. The largest absolute Gasteiger partial charge is 0.145 e. The van der Waals surface area contributed by atoms with E-state index in [9.17, 15) is 0 Å². The Morgan fingerprint density at radius 3 is 2.38 bits per heavy atom. The molecule has 1 aromatic carbocycles. The summed E-state index contributed by atoms with van der Waals surface area (Å²) in [4.78, 5) is 1.34. The van der Waals surface area contributed by atoms with E-state index in [1.54, 1.807) is 11.3 Å². The molecule has 1 atom stereocenters. The average molecular weight is 381 g/mol. The Bertz CT molecular complexity index is 490. The summed E-state index contributed by atoms with van der Waals surface area (Å²) in [5.74, 6) is 0. The molecule has 0 N–H and O–H groups in total. The molecular weight excluding hydrogens is 371 g/mol. The van der Waals surface area contributed by atoms with Crippen LogP contribution in [0, 0.1) is 6.92 Å². The van der Waals surface area contributed by atoms with Gasteiger partial charge in [0.1, 0.15) is 0 Å². The Kier molecular flexibility index (Phi) is 4.11. The van der Waals surface area contributed by atoms with Gasteiger partial charge in [-0.15, -0.1) is 11.3 Å². The van der Waals surface area contributed by atoms with Crippen molar-refractivity contribution in [1.29, 1.82) is 0 Å². The van der Waals surface area contributed by atoms with E-state index >= 15 is 0 Å². The average Bonchev–Trinajstić information content (AvgIpc) is 2.60. The zero-order valence-corrected chi connectivity index (χ0v) is 13.3. The number of halogens is 3. The van der Waals surface area contributed by atoms with Gasteiger partial charge in [-0.25, -0.2) is 0 Å². The molecule has 2 aromatic rings. The number of aryl methyl sites for hydroxylation is 1. The molecule has 0 saturated carbocycles. The highest BCUT2D eigenvalue weighted by Gasteiger charge is 2.16. The maximum absolute atomic E-state index is 6.26. The van der Waals surface area contributed by atoms with Crippen LogP contribution in [0.3, 0.4) is 0 Å². The van der Waals surface area contributed by atoms with E-state index in [2.05, 4.69) is 49.4 Å². The predicted octanol–water partition coefficient (Wildman–Crippen LogP) is 5.96. The van der Waals surface area contributed by atoms with Crippen LogP contribution in [-0.4, -0.2) is 0 Å². The molecule has 2 rings (SSSR count). The minimum absolute atomic E-state index is 0.173. The van der Waals surface area contributed by atoms with Gasteiger partial charge in [0.05, 0.1) is 9.85 Å². The van der Waals surface area contributed by atoms with Crippen LogP contribution < -0.4 is 0 Å². The molecule has 0 amide bonds. The highest BCUT2D eigenvalue weighted by Crippen LogP contribution is 2.40. The van der Waals surface area contributed by atoms with Gasteiger partial charge >= 0.3 is 0 Å². The fourth-order valence-electron chi connectivity index (χ4n) is 1.40. The van der Waals surface area contributed by atoms with Crippen LogP contribution in [0.4, 0.5) is 0 Å². The van der Waals surface area contributed by atoms with Gasteiger partial charge in [0, 0.05) is 9.35 Å².